The number of aromatic nitrogens is 3. The van der Waals surface area contributed by atoms with Crippen molar-refractivity contribution in [1.29, 1.82) is 0 Å². The lowest BCUT2D eigenvalue weighted by Gasteiger charge is -2.25. The number of hydrogen-bond acceptors (Lipinski definition) is 7. The summed E-state index contributed by atoms with van der Waals surface area (Å²) in [6.07, 6.45) is 0.0590. The first-order valence-corrected chi connectivity index (χ1v) is 9.71. The highest BCUT2D eigenvalue weighted by Gasteiger charge is 2.26. The molecule has 0 aliphatic carbocycles. The Balaban J connectivity index is 1.48. The Morgan fingerprint density at radius 2 is 2.14 bits per heavy atom. The van der Waals surface area contributed by atoms with Gasteiger partial charge in [-0.2, -0.15) is 5.10 Å². The lowest BCUT2D eigenvalue weighted by molar-refractivity contribution is 0.0730. The monoisotopic (exact) mass is 413 g/mol. The van der Waals surface area contributed by atoms with Crippen LogP contribution in [-0.2, 0) is 17.7 Å². The van der Waals surface area contributed by atoms with Crippen molar-refractivity contribution in [3.05, 3.63) is 46.6 Å². The number of carbonyl (C=O) groups is 2. The lowest BCUT2D eigenvalue weighted by atomic mass is 10.1. The number of rotatable bonds is 4. The standard InChI is InChI=1S/C19H19N5O4S/c1-27-12-5-3-4-11(8-12)14-9-15(23-22-14)17(25)24-7-6-13-16(10-24)29-18(20-13)21-19(26)28-2/h3-5,8-9H,6-7,10H2,1-2H3,(H,22,23)(H,20,21,26). The van der Waals surface area contributed by atoms with Crippen molar-refractivity contribution in [2.75, 3.05) is 26.1 Å². The van der Waals surface area contributed by atoms with Crippen molar-refractivity contribution in [2.24, 2.45) is 0 Å². The molecule has 1 aromatic carbocycles. The van der Waals surface area contributed by atoms with Crippen molar-refractivity contribution in [2.45, 2.75) is 13.0 Å². The lowest BCUT2D eigenvalue weighted by Crippen LogP contribution is -2.35. The maximum Gasteiger partial charge on any atom is 0.413 e. The number of anilines is 1. The average Bonchev–Trinajstić information content (AvgIpc) is 3.39. The fourth-order valence-electron chi connectivity index (χ4n) is 3.09. The van der Waals surface area contributed by atoms with Crippen LogP contribution in [0.2, 0.25) is 0 Å². The first-order valence-electron chi connectivity index (χ1n) is 8.90. The molecule has 0 bridgehead atoms. The molecule has 0 saturated carbocycles. The number of hydrogen-bond donors (Lipinski definition) is 2. The molecular weight excluding hydrogens is 394 g/mol. The van der Waals surface area contributed by atoms with E-state index < -0.39 is 6.09 Å². The number of nitrogens with zero attached hydrogens (tertiary/aromatic N) is 3. The maximum absolute atomic E-state index is 12.9. The molecule has 1 aliphatic rings. The number of aromatic amines is 1. The Labute approximate surface area is 170 Å². The van der Waals surface area contributed by atoms with Gasteiger partial charge in [0.25, 0.3) is 5.91 Å². The van der Waals surface area contributed by atoms with E-state index in [1.807, 2.05) is 24.3 Å². The smallest absolute Gasteiger partial charge is 0.413 e. The second kappa shape index (κ2) is 7.92. The molecule has 0 atom stereocenters. The van der Waals surface area contributed by atoms with Gasteiger partial charge in [-0.25, -0.2) is 9.78 Å². The molecule has 150 valence electrons. The molecule has 9 nitrogen and oxygen atoms in total. The van der Waals surface area contributed by atoms with E-state index in [2.05, 4.69) is 25.2 Å². The van der Waals surface area contributed by atoms with Gasteiger partial charge in [0, 0.05) is 23.4 Å². The number of thiazole rings is 1. The zero-order chi connectivity index (χ0) is 20.4. The van der Waals surface area contributed by atoms with Crippen LogP contribution in [0.3, 0.4) is 0 Å². The zero-order valence-electron chi connectivity index (χ0n) is 15.9. The van der Waals surface area contributed by atoms with Gasteiger partial charge in [0.1, 0.15) is 11.4 Å². The fraction of sp³-hybridized carbons (Fsp3) is 0.263. The molecule has 29 heavy (non-hydrogen) atoms. The Morgan fingerprint density at radius 3 is 2.93 bits per heavy atom. The minimum atomic E-state index is -0.563. The number of carbonyl (C=O) groups excluding carboxylic acids is 2. The van der Waals surface area contributed by atoms with E-state index in [0.717, 1.165) is 21.9 Å². The third kappa shape index (κ3) is 3.92. The van der Waals surface area contributed by atoms with E-state index in [4.69, 9.17) is 4.74 Å². The number of methoxy groups -OCH3 is 2. The second-order valence-corrected chi connectivity index (χ2v) is 7.46. The van der Waals surface area contributed by atoms with Gasteiger partial charge < -0.3 is 14.4 Å². The first-order chi connectivity index (χ1) is 14.1. The zero-order valence-corrected chi connectivity index (χ0v) is 16.7. The van der Waals surface area contributed by atoms with E-state index in [1.165, 1.54) is 18.4 Å². The maximum atomic E-state index is 12.9. The summed E-state index contributed by atoms with van der Waals surface area (Å²) in [4.78, 5) is 31.4. The summed E-state index contributed by atoms with van der Waals surface area (Å²) in [5.41, 5.74) is 2.85. The van der Waals surface area contributed by atoms with Gasteiger partial charge in [-0.1, -0.05) is 23.5 Å². The van der Waals surface area contributed by atoms with Crippen molar-refractivity contribution >= 4 is 28.5 Å². The van der Waals surface area contributed by atoms with Crippen LogP contribution < -0.4 is 10.1 Å². The highest BCUT2D eigenvalue weighted by Crippen LogP contribution is 2.29. The summed E-state index contributed by atoms with van der Waals surface area (Å²) in [7, 11) is 2.90. The first kappa shape index (κ1) is 18.9. The van der Waals surface area contributed by atoms with Gasteiger partial charge in [-0.05, 0) is 18.2 Å². The van der Waals surface area contributed by atoms with Crippen LogP contribution in [0.5, 0.6) is 5.75 Å². The molecule has 2 N–H and O–H groups in total. The van der Waals surface area contributed by atoms with Crippen molar-refractivity contribution < 1.29 is 19.1 Å². The molecule has 0 unspecified atom stereocenters. The average molecular weight is 413 g/mol. The molecule has 4 rings (SSSR count). The van der Waals surface area contributed by atoms with Crippen LogP contribution >= 0.6 is 11.3 Å². The van der Waals surface area contributed by atoms with Crippen LogP contribution in [0, 0.1) is 0 Å². The van der Waals surface area contributed by atoms with Gasteiger partial charge >= 0.3 is 6.09 Å². The number of fused-ring (bicyclic) bond motifs is 1. The number of benzene rings is 1. The van der Waals surface area contributed by atoms with Crippen molar-refractivity contribution in [3.63, 3.8) is 0 Å². The molecule has 2 amide bonds. The summed E-state index contributed by atoms with van der Waals surface area (Å²) in [5, 5.41) is 10.1. The Morgan fingerprint density at radius 1 is 1.28 bits per heavy atom. The second-order valence-electron chi connectivity index (χ2n) is 6.38. The Kier molecular flexibility index (Phi) is 5.17. The molecule has 0 fully saturated rings. The molecule has 0 spiro atoms. The third-order valence-electron chi connectivity index (χ3n) is 4.59. The van der Waals surface area contributed by atoms with Gasteiger partial charge in [0.2, 0.25) is 0 Å². The predicted octanol–water partition coefficient (Wildman–Crippen LogP) is 2.92. The SMILES string of the molecule is COC(=O)Nc1nc2c(s1)CN(C(=O)c1cc(-c3cccc(OC)c3)n[nH]1)CC2. The summed E-state index contributed by atoms with van der Waals surface area (Å²) >= 11 is 1.34. The highest BCUT2D eigenvalue weighted by atomic mass is 32.1. The third-order valence-corrected chi connectivity index (χ3v) is 5.58. The van der Waals surface area contributed by atoms with Gasteiger partial charge in [0.15, 0.2) is 5.13 Å². The minimum Gasteiger partial charge on any atom is -0.497 e. The minimum absolute atomic E-state index is 0.131. The number of H-pyrrole nitrogens is 1. The van der Waals surface area contributed by atoms with Crippen molar-refractivity contribution in [1.82, 2.24) is 20.1 Å². The summed E-state index contributed by atoms with van der Waals surface area (Å²) in [5.74, 6) is 0.594. The Hall–Kier alpha value is -3.40. The molecular formula is C19H19N5O4S. The van der Waals surface area contributed by atoms with E-state index >= 15 is 0 Å². The number of nitrogens with one attached hydrogen (secondary N) is 2. The molecule has 10 heteroatoms. The van der Waals surface area contributed by atoms with E-state index in [0.29, 0.717) is 36.0 Å². The van der Waals surface area contributed by atoms with Crippen LogP contribution in [0.4, 0.5) is 9.93 Å². The van der Waals surface area contributed by atoms with Crippen molar-refractivity contribution in [3.8, 4) is 17.0 Å². The van der Waals surface area contributed by atoms with E-state index in [-0.39, 0.29) is 5.91 Å². The van der Waals surface area contributed by atoms with Gasteiger partial charge in [0.05, 0.1) is 32.2 Å². The molecule has 3 aromatic rings. The summed E-state index contributed by atoms with van der Waals surface area (Å²) in [6.45, 7) is 0.975. The van der Waals surface area contributed by atoms with E-state index in [9.17, 15) is 9.59 Å². The fourth-order valence-corrected chi connectivity index (χ4v) is 4.10. The molecule has 3 heterocycles. The molecule has 1 aliphatic heterocycles. The summed E-state index contributed by atoms with van der Waals surface area (Å²) in [6, 6.07) is 9.24. The molecule has 0 saturated heterocycles. The number of ether oxygens (including phenoxy) is 2. The topological polar surface area (TPSA) is 109 Å². The van der Waals surface area contributed by atoms with Crippen LogP contribution in [-0.4, -0.2) is 52.8 Å². The number of amides is 2. The molecule has 0 radical (unpaired) electrons. The molecule has 2 aromatic heterocycles. The van der Waals surface area contributed by atoms with E-state index in [1.54, 1.807) is 18.1 Å². The summed E-state index contributed by atoms with van der Waals surface area (Å²) < 4.78 is 9.83. The van der Waals surface area contributed by atoms with Crippen LogP contribution in [0.1, 0.15) is 21.1 Å². The normalized spacial score (nSPS) is 13.0. The predicted molar refractivity (Wildman–Crippen MR) is 107 cm³/mol. The highest BCUT2D eigenvalue weighted by molar-refractivity contribution is 7.15. The van der Waals surface area contributed by atoms with Gasteiger partial charge in [-0.3, -0.25) is 15.2 Å². The van der Waals surface area contributed by atoms with Crippen LogP contribution in [0.15, 0.2) is 30.3 Å². The van der Waals surface area contributed by atoms with Gasteiger partial charge in [-0.15, -0.1) is 0 Å². The largest absolute Gasteiger partial charge is 0.497 e. The quantitative estimate of drug-likeness (QED) is 0.681. The van der Waals surface area contributed by atoms with Crippen LogP contribution in [0.25, 0.3) is 11.3 Å². The Bertz CT molecular complexity index is 1060.